The summed E-state index contributed by atoms with van der Waals surface area (Å²) in [6, 6.07) is 5.37. The molecular weight excluding hydrogens is 254 g/mol. The van der Waals surface area contributed by atoms with Crippen molar-refractivity contribution in [1.29, 1.82) is 0 Å². The monoisotopic (exact) mass is 275 g/mol. The van der Waals surface area contributed by atoms with E-state index in [1.807, 2.05) is 19.9 Å². The van der Waals surface area contributed by atoms with E-state index in [1.165, 1.54) is 7.11 Å². The molecule has 0 atom stereocenters. The fourth-order valence-corrected chi connectivity index (χ4v) is 2.70. The normalized spacial score (nSPS) is 16.8. The number of esters is 1. The highest BCUT2D eigenvalue weighted by molar-refractivity contribution is 6.03. The summed E-state index contributed by atoms with van der Waals surface area (Å²) in [7, 11) is 1.34. The van der Waals surface area contributed by atoms with Crippen LogP contribution in [0.15, 0.2) is 18.2 Å². The lowest BCUT2D eigenvalue weighted by Gasteiger charge is -2.23. The van der Waals surface area contributed by atoms with Gasteiger partial charge in [0, 0.05) is 5.41 Å². The molecule has 0 heterocycles. The van der Waals surface area contributed by atoms with Gasteiger partial charge < -0.3 is 10.1 Å². The number of benzene rings is 1. The van der Waals surface area contributed by atoms with Gasteiger partial charge in [0.15, 0.2) is 0 Å². The molecule has 0 spiro atoms. The minimum absolute atomic E-state index is 0.0102. The zero-order valence-electron chi connectivity index (χ0n) is 12.3. The second kappa shape index (κ2) is 5.65. The molecule has 1 N–H and O–H groups in total. The molecular formula is C16H21NO3. The predicted molar refractivity (Wildman–Crippen MR) is 77.7 cm³/mol. The van der Waals surface area contributed by atoms with E-state index in [9.17, 15) is 9.59 Å². The number of nitrogens with one attached hydrogen (secondary N) is 1. The molecule has 108 valence electrons. The quantitative estimate of drug-likeness (QED) is 0.861. The lowest BCUT2D eigenvalue weighted by Crippen LogP contribution is -2.31. The van der Waals surface area contributed by atoms with Crippen LogP contribution in [-0.2, 0) is 9.53 Å². The van der Waals surface area contributed by atoms with Crippen molar-refractivity contribution in [2.45, 2.75) is 39.5 Å². The van der Waals surface area contributed by atoms with E-state index in [2.05, 4.69) is 5.32 Å². The Morgan fingerprint density at radius 1 is 1.25 bits per heavy atom. The van der Waals surface area contributed by atoms with Crippen LogP contribution in [0.5, 0.6) is 0 Å². The average molecular weight is 275 g/mol. The molecule has 0 aromatic heterocycles. The number of anilines is 1. The van der Waals surface area contributed by atoms with Crippen molar-refractivity contribution in [2.75, 3.05) is 12.4 Å². The zero-order chi connectivity index (χ0) is 14.8. The summed E-state index contributed by atoms with van der Waals surface area (Å²) in [5, 5.41) is 2.90. The highest BCUT2D eigenvalue weighted by Gasteiger charge is 2.36. The fourth-order valence-electron chi connectivity index (χ4n) is 2.70. The van der Waals surface area contributed by atoms with Gasteiger partial charge in [-0.15, -0.1) is 0 Å². The number of hydrogen-bond acceptors (Lipinski definition) is 3. The first-order valence-corrected chi connectivity index (χ1v) is 6.97. The molecule has 1 fully saturated rings. The number of rotatable bonds is 3. The van der Waals surface area contributed by atoms with E-state index in [-0.39, 0.29) is 11.3 Å². The van der Waals surface area contributed by atoms with Gasteiger partial charge in [-0.2, -0.15) is 0 Å². The maximum Gasteiger partial charge on any atom is 0.339 e. The highest BCUT2D eigenvalue weighted by atomic mass is 16.5. The maximum atomic E-state index is 12.4. The molecule has 1 aromatic rings. The number of amides is 1. The Bertz CT molecular complexity index is 531. The first-order chi connectivity index (χ1) is 9.46. The molecule has 4 heteroatoms. The number of carbonyl (C=O) groups is 2. The first kappa shape index (κ1) is 14.6. The lowest BCUT2D eigenvalue weighted by atomic mass is 9.87. The molecule has 0 saturated heterocycles. The van der Waals surface area contributed by atoms with Crippen molar-refractivity contribution >= 4 is 17.6 Å². The summed E-state index contributed by atoms with van der Waals surface area (Å²) in [6.45, 7) is 3.89. The standard InChI is InChI=1S/C16H21NO3/c1-11-6-7-13(12(10-11)14(18)20-3)17-15(19)16(2)8-4-5-9-16/h6-7,10H,4-5,8-9H2,1-3H3,(H,17,19). The molecule has 0 radical (unpaired) electrons. The third kappa shape index (κ3) is 2.84. The van der Waals surface area contributed by atoms with Crippen LogP contribution >= 0.6 is 0 Å². The molecule has 0 bridgehead atoms. The van der Waals surface area contributed by atoms with E-state index in [0.29, 0.717) is 11.3 Å². The molecule has 1 aliphatic carbocycles. The van der Waals surface area contributed by atoms with Crippen LogP contribution in [0.3, 0.4) is 0 Å². The number of carbonyl (C=O) groups excluding carboxylic acids is 2. The van der Waals surface area contributed by atoms with Crippen LogP contribution in [0, 0.1) is 12.3 Å². The van der Waals surface area contributed by atoms with Gasteiger partial charge in [-0.3, -0.25) is 4.79 Å². The third-order valence-electron chi connectivity index (χ3n) is 4.08. The van der Waals surface area contributed by atoms with Gasteiger partial charge in [0.1, 0.15) is 0 Å². The summed E-state index contributed by atoms with van der Waals surface area (Å²) in [4.78, 5) is 24.2. The van der Waals surface area contributed by atoms with Crippen molar-refractivity contribution in [1.82, 2.24) is 0 Å². The van der Waals surface area contributed by atoms with E-state index < -0.39 is 5.97 Å². The van der Waals surface area contributed by atoms with Gasteiger partial charge >= 0.3 is 5.97 Å². The molecule has 1 aromatic carbocycles. The maximum absolute atomic E-state index is 12.4. The largest absolute Gasteiger partial charge is 0.465 e. The Morgan fingerprint density at radius 2 is 1.90 bits per heavy atom. The smallest absolute Gasteiger partial charge is 0.339 e. The second-order valence-corrected chi connectivity index (χ2v) is 5.76. The van der Waals surface area contributed by atoms with E-state index in [0.717, 1.165) is 31.2 Å². The van der Waals surface area contributed by atoms with Crippen LogP contribution in [0.4, 0.5) is 5.69 Å². The second-order valence-electron chi connectivity index (χ2n) is 5.76. The minimum atomic E-state index is -0.430. The lowest BCUT2D eigenvalue weighted by molar-refractivity contribution is -0.124. The van der Waals surface area contributed by atoms with Gasteiger partial charge in [-0.1, -0.05) is 31.4 Å². The Balaban J connectivity index is 2.25. The molecule has 1 saturated carbocycles. The number of hydrogen-bond donors (Lipinski definition) is 1. The van der Waals surface area contributed by atoms with Crippen molar-refractivity contribution in [2.24, 2.45) is 5.41 Å². The van der Waals surface area contributed by atoms with Gasteiger partial charge in [-0.25, -0.2) is 4.79 Å². The van der Waals surface area contributed by atoms with Crippen LogP contribution in [0.25, 0.3) is 0 Å². The third-order valence-corrected chi connectivity index (χ3v) is 4.08. The van der Waals surface area contributed by atoms with E-state index in [1.54, 1.807) is 12.1 Å². The Labute approximate surface area is 119 Å². The predicted octanol–water partition coefficient (Wildman–Crippen LogP) is 3.30. The summed E-state index contributed by atoms with van der Waals surface area (Å²) in [5.74, 6) is -0.440. The molecule has 0 aliphatic heterocycles. The molecule has 20 heavy (non-hydrogen) atoms. The molecule has 0 unspecified atom stereocenters. The molecule has 2 rings (SSSR count). The average Bonchev–Trinajstić information content (AvgIpc) is 2.88. The number of ether oxygens (including phenoxy) is 1. The summed E-state index contributed by atoms with van der Waals surface area (Å²) < 4.78 is 4.77. The van der Waals surface area contributed by atoms with Gasteiger partial charge in [0.05, 0.1) is 18.4 Å². The minimum Gasteiger partial charge on any atom is -0.465 e. The number of aryl methyl sites for hydroxylation is 1. The highest BCUT2D eigenvalue weighted by Crippen LogP contribution is 2.38. The van der Waals surface area contributed by atoms with Gasteiger partial charge in [0.25, 0.3) is 0 Å². The van der Waals surface area contributed by atoms with Crippen molar-refractivity contribution in [3.05, 3.63) is 29.3 Å². The van der Waals surface area contributed by atoms with Crippen molar-refractivity contribution in [3.63, 3.8) is 0 Å². The van der Waals surface area contributed by atoms with E-state index >= 15 is 0 Å². The van der Waals surface area contributed by atoms with Crippen LogP contribution in [0.2, 0.25) is 0 Å². The van der Waals surface area contributed by atoms with Crippen molar-refractivity contribution < 1.29 is 14.3 Å². The Hall–Kier alpha value is -1.84. The van der Waals surface area contributed by atoms with Crippen molar-refractivity contribution in [3.8, 4) is 0 Å². The molecule has 4 nitrogen and oxygen atoms in total. The van der Waals surface area contributed by atoms with Gasteiger partial charge in [-0.05, 0) is 31.9 Å². The van der Waals surface area contributed by atoms with Gasteiger partial charge in [0.2, 0.25) is 5.91 Å². The number of methoxy groups -OCH3 is 1. The van der Waals surface area contributed by atoms with E-state index in [4.69, 9.17) is 4.74 Å². The first-order valence-electron chi connectivity index (χ1n) is 6.97. The zero-order valence-corrected chi connectivity index (χ0v) is 12.3. The Morgan fingerprint density at radius 3 is 2.50 bits per heavy atom. The molecule has 1 amide bonds. The summed E-state index contributed by atoms with van der Waals surface area (Å²) in [5.41, 5.74) is 1.57. The SMILES string of the molecule is COC(=O)c1cc(C)ccc1NC(=O)C1(C)CCCC1. The summed E-state index contributed by atoms with van der Waals surface area (Å²) >= 11 is 0. The topological polar surface area (TPSA) is 55.4 Å². The molecule has 1 aliphatic rings. The fraction of sp³-hybridized carbons (Fsp3) is 0.500. The Kier molecular flexibility index (Phi) is 4.12. The van der Waals surface area contributed by atoms with Crippen LogP contribution in [-0.4, -0.2) is 19.0 Å². The van der Waals surface area contributed by atoms with Crippen LogP contribution in [0.1, 0.15) is 48.5 Å². The van der Waals surface area contributed by atoms with Crippen LogP contribution < -0.4 is 5.32 Å². The summed E-state index contributed by atoms with van der Waals surface area (Å²) in [6.07, 6.45) is 3.97.